The molecule has 1 saturated heterocycles. The molecular weight excluding hydrogens is 580 g/mol. The highest BCUT2D eigenvalue weighted by Gasteiger charge is 2.37. The maximum Gasteiger partial charge on any atom is 0.337 e. The normalized spacial score (nSPS) is 20.9. The van der Waals surface area contributed by atoms with Gasteiger partial charge < -0.3 is 24.2 Å². The lowest BCUT2D eigenvalue weighted by Gasteiger charge is -2.41. The van der Waals surface area contributed by atoms with E-state index in [1.165, 1.54) is 0 Å². The van der Waals surface area contributed by atoms with E-state index < -0.39 is 17.7 Å². The molecule has 6 bridgehead atoms. The Balaban J connectivity index is 1.56. The van der Waals surface area contributed by atoms with Crippen molar-refractivity contribution in [2.24, 2.45) is 0 Å². The van der Waals surface area contributed by atoms with Crippen LogP contribution in [0.3, 0.4) is 0 Å². The number of fused-ring (bicyclic) bond motifs is 6. The van der Waals surface area contributed by atoms with Gasteiger partial charge in [-0.2, -0.15) is 9.61 Å². The van der Waals surface area contributed by atoms with Gasteiger partial charge in [0.2, 0.25) is 0 Å². The van der Waals surface area contributed by atoms with Crippen LogP contribution in [-0.4, -0.2) is 62.7 Å². The predicted octanol–water partition coefficient (Wildman–Crippen LogP) is 7.33. The second-order valence-electron chi connectivity index (χ2n) is 13.8. The maximum absolute atomic E-state index is 12.8. The van der Waals surface area contributed by atoms with Crippen molar-refractivity contribution in [2.45, 2.75) is 84.7 Å². The van der Waals surface area contributed by atoms with E-state index in [4.69, 9.17) is 24.3 Å². The second-order valence-corrected chi connectivity index (χ2v) is 13.8. The number of ether oxygens (including phenoxy) is 3. The molecule has 1 fully saturated rings. The molecule has 4 aromatic rings. The lowest BCUT2D eigenvalue weighted by molar-refractivity contribution is -0.160. The first-order chi connectivity index (χ1) is 21.8. The van der Waals surface area contributed by atoms with Crippen LogP contribution in [0.2, 0.25) is 0 Å². The lowest BCUT2D eigenvalue weighted by Crippen LogP contribution is -2.45. The van der Waals surface area contributed by atoms with Gasteiger partial charge in [0, 0.05) is 36.0 Å². The third-order valence-corrected chi connectivity index (χ3v) is 8.74. The van der Waals surface area contributed by atoms with Crippen molar-refractivity contribution in [1.82, 2.24) is 14.6 Å². The summed E-state index contributed by atoms with van der Waals surface area (Å²) in [5.41, 5.74) is 5.55. The average Bonchev–Trinajstić information content (AvgIpc) is 3.42. The van der Waals surface area contributed by atoms with Gasteiger partial charge in [-0.15, -0.1) is 0 Å². The zero-order chi connectivity index (χ0) is 32.8. The number of anilines is 1. The summed E-state index contributed by atoms with van der Waals surface area (Å²) in [6.45, 7) is 15.5. The Morgan fingerprint density at radius 3 is 2.54 bits per heavy atom. The molecule has 46 heavy (non-hydrogen) atoms. The largest absolute Gasteiger partial charge is 0.486 e. The van der Waals surface area contributed by atoms with E-state index >= 15 is 0 Å². The van der Waals surface area contributed by atoms with Crippen molar-refractivity contribution in [2.75, 3.05) is 24.6 Å². The molecule has 242 valence electrons. The number of benzene rings is 2. The highest BCUT2D eigenvalue weighted by atomic mass is 16.5. The summed E-state index contributed by atoms with van der Waals surface area (Å²) in [5, 5.41) is 15.6. The first kappa shape index (κ1) is 31.8. The molecule has 0 saturated carbocycles. The quantitative estimate of drug-likeness (QED) is 0.237. The van der Waals surface area contributed by atoms with E-state index in [2.05, 4.69) is 43.0 Å². The van der Waals surface area contributed by atoms with E-state index in [0.717, 1.165) is 46.5 Å². The molecule has 9 heteroatoms. The van der Waals surface area contributed by atoms with Gasteiger partial charge in [0.25, 0.3) is 0 Å². The minimum Gasteiger partial charge on any atom is -0.486 e. The van der Waals surface area contributed by atoms with Gasteiger partial charge in [-0.3, -0.25) is 0 Å². The van der Waals surface area contributed by atoms with Crippen LogP contribution in [0.25, 0.3) is 28.0 Å². The number of aliphatic carboxylic acids is 1. The molecule has 1 N–H and O–H groups in total. The number of hydrogen-bond donors (Lipinski definition) is 1. The van der Waals surface area contributed by atoms with Crippen LogP contribution in [0.1, 0.15) is 70.4 Å². The van der Waals surface area contributed by atoms with Crippen LogP contribution >= 0.6 is 0 Å². The van der Waals surface area contributed by atoms with Gasteiger partial charge in [0.15, 0.2) is 11.8 Å². The zero-order valence-corrected chi connectivity index (χ0v) is 27.8. The Morgan fingerprint density at radius 1 is 1.09 bits per heavy atom. The summed E-state index contributed by atoms with van der Waals surface area (Å²) >= 11 is 0. The molecule has 5 heterocycles. The topological polar surface area (TPSA) is 98.4 Å². The van der Waals surface area contributed by atoms with Crippen LogP contribution in [-0.2, 0) is 14.3 Å². The van der Waals surface area contributed by atoms with E-state index in [0.29, 0.717) is 42.4 Å². The van der Waals surface area contributed by atoms with Crippen LogP contribution in [0.5, 0.6) is 5.75 Å². The summed E-state index contributed by atoms with van der Waals surface area (Å²) in [5.74, 6) is 0.438. The van der Waals surface area contributed by atoms with Crippen LogP contribution in [0, 0.1) is 13.8 Å². The Bertz CT molecular complexity index is 1800. The Labute approximate surface area is 270 Å². The third kappa shape index (κ3) is 6.52. The maximum atomic E-state index is 12.8. The number of carboxylic acid groups (broad SMARTS) is 1. The fourth-order valence-electron chi connectivity index (χ4n) is 6.34. The summed E-state index contributed by atoms with van der Waals surface area (Å²) in [7, 11) is 0. The summed E-state index contributed by atoms with van der Waals surface area (Å²) in [6.07, 6.45) is 4.23. The SMILES string of the molecule is Cc1ccc2c(c1)-c1cccc(c1)-c1cc3nc(C)c([C@H](OC(C)(C)C)C(=O)O)c(n3n1)N1CCC(C)(CC1)OCC=C[C@H](C)O2. The van der Waals surface area contributed by atoms with Gasteiger partial charge in [0.05, 0.1) is 29.1 Å². The van der Waals surface area contributed by atoms with Gasteiger partial charge in [-0.05, 0) is 91.1 Å². The number of aryl methyl sites for hydroxylation is 2. The van der Waals surface area contributed by atoms with Gasteiger partial charge in [-0.25, -0.2) is 9.78 Å². The molecule has 9 nitrogen and oxygen atoms in total. The Hall–Kier alpha value is -4.21. The third-order valence-electron chi connectivity index (χ3n) is 8.74. The second kappa shape index (κ2) is 12.2. The van der Waals surface area contributed by atoms with E-state index in [9.17, 15) is 9.90 Å². The molecule has 2 aromatic carbocycles. The number of aromatic nitrogens is 3. The molecule has 2 atom stereocenters. The summed E-state index contributed by atoms with van der Waals surface area (Å²) < 4.78 is 20.9. The number of hydrogen-bond acceptors (Lipinski definition) is 7. The van der Waals surface area contributed by atoms with Crippen LogP contribution in [0.15, 0.2) is 60.7 Å². The molecule has 7 rings (SSSR count). The molecule has 0 spiro atoms. The standard InChI is InChI=1S/C37H44N4O5/c1-23-13-14-30-28(20-23)26-11-8-12-27(21-26)29-22-31-38-25(3)32(33(35(42)43)46-36(4,5)6)34(41(31)39-29)40-17-15-37(7,16-18-40)44-19-9-10-24(2)45-30/h8-14,20-22,24,33H,15-19H2,1-7H3,(H,42,43)/t24-,33-/m0/s1. The van der Waals surface area contributed by atoms with Gasteiger partial charge >= 0.3 is 5.97 Å². The molecule has 3 aliphatic rings. The first-order valence-electron chi connectivity index (χ1n) is 16.0. The summed E-state index contributed by atoms with van der Waals surface area (Å²) in [4.78, 5) is 19.9. The number of carbonyl (C=O) groups is 1. The smallest absolute Gasteiger partial charge is 0.337 e. The average molecular weight is 625 g/mol. The fourth-order valence-corrected chi connectivity index (χ4v) is 6.34. The number of nitrogens with zero attached hydrogens (tertiary/aromatic N) is 4. The van der Waals surface area contributed by atoms with Crippen molar-refractivity contribution < 1.29 is 24.1 Å². The van der Waals surface area contributed by atoms with Crippen molar-refractivity contribution in [1.29, 1.82) is 0 Å². The first-order valence-corrected chi connectivity index (χ1v) is 16.0. The molecule has 0 aliphatic carbocycles. The molecule has 0 unspecified atom stereocenters. The van der Waals surface area contributed by atoms with Crippen molar-refractivity contribution >= 4 is 17.4 Å². The zero-order valence-electron chi connectivity index (χ0n) is 27.8. The number of rotatable bonds is 3. The van der Waals surface area contributed by atoms with E-state index in [1.54, 1.807) is 4.52 Å². The lowest BCUT2D eigenvalue weighted by atomic mass is 9.92. The highest BCUT2D eigenvalue weighted by molar-refractivity contribution is 5.80. The minimum absolute atomic E-state index is 0.147. The Morgan fingerprint density at radius 2 is 1.83 bits per heavy atom. The fraction of sp³-hybridized carbons (Fsp3) is 0.432. The molecular formula is C37H44N4O5. The molecule has 2 aromatic heterocycles. The summed E-state index contributed by atoms with van der Waals surface area (Å²) in [6, 6.07) is 16.5. The van der Waals surface area contributed by atoms with Crippen LogP contribution in [0.4, 0.5) is 5.82 Å². The predicted molar refractivity (Wildman–Crippen MR) is 180 cm³/mol. The van der Waals surface area contributed by atoms with Crippen molar-refractivity contribution in [3.8, 4) is 28.1 Å². The minimum atomic E-state index is -1.22. The number of carboxylic acids is 1. The van der Waals surface area contributed by atoms with Crippen LogP contribution < -0.4 is 9.64 Å². The van der Waals surface area contributed by atoms with E-state index in [-0.39, 0.29) is 11.7 Å². The van der Waals surface area contributed by atoms with Crippen molar-refractivity contribution in [3.05, 3.63) is 77.5 Å². The monoisotopic (exact) mass is 624 g/mol. The van der Waals surface area contributed by atoms with Gasteiger partial charge in [0.1, 0.15) is 17.7 Å². The molecule has 3 aliphatic heterocycles. The van der Waals surface area contributed by atoms with Crippen molar-refractivity contribution in [3.63, 3.8) is 0 Å². The Kier molecular flexibility index (Phi) is 8.42. The number of piperidine rings is 1. The van der Waals surface area contributed by atoms with Gasteiger partial charge in [-0.1, -0.05) is 35.9 Å². The van der Waals surface area contributed by atoms with E-state index in [1.807, 2.05) is 71.0 Å². The molecule has 0 radical (unpaired) electrons. The molecule has 0 amide bonds. The highest BCUT2D eigenvalue weighted by Crippen LogP contribution is 2.39.